The first-order valence-corrected chi connectivity index (χ1v) is 6.18. The summed E-state index contributed by atoms with van der Waals surface area (Å²) in [5, 5.41) is 3.23. The summed E-state index contributed by atoms with van der Waals surface area (Å²) in [7, 11) is 0. The fourth-order valence-electron chi connectivity index (χ4n) is 2.32. The van der Waals surface area contributed by atoms with Gasteiger partial charge in [-0.2, -0.15) is 13.2 Å². The van der Waals surface area contributed by atoms with Crippen molar-refractivity contribution in [3.63, 3.8) is 0 Å². The number of nitrogens with zero attached hydrogens (tertiary/aromatic N) is 1. The van der Waals surface area contributed by atoms with Crippen LogP contribution in [-0.2, 0) is 12.7 Å². The minimum Gasteiger partial charge on any atom is -0.312 e. The van der Waals surface area contributed by atoms with E-state index in [4.69, 9.17) is 0 Å². The molecule has 1 aromatic rings. The summed E-state index contributed by atoms with van der Waals surface area (Å²) in [6, 6.07) is 3.71. The molecular formula is C13H16F4N2. The van der Waals surface area contributed by atoms with E-state index in [-0.39, 0.29) is 18.2 Å². The van der Waals surface area contributed by atoms with Crippen molar-refractivity contribution in [2.75, 3.05) is 19.6 Å². The molecule has 1 heterocycles. The Morgan fingerprint density at radius 1 is 1.37 bits per heavy atom. The van der Waals surface area contributed by atoms with Crippen molar-refractivity contribution in [2.45, 2.75) is 25.7 Å². The number of nitrogens with one attached hydrogen (secondary N) is 1. The first-order valence-electron chi connectivity index (χ1n) is 6.18. The Balaban J connectivity index is 2.17. The molecule has 106 valence electrons. The van der Waals surface area contributed by atoms with Gasteiger partial charge < -0.3 is 5.32 Å². The molecule has 1 saturated heterocycles. The minimum atomic E-state index is -4.64. The highest BCUT2D eigenvalue weighted by molar-refractivity contribution is 5.28. The van der Waals surface area contributed by atoms with Crippen molar-refractivity contribution in [3.8, 4) is 0 Å². The zero-order valence-corrected chi connectivity index (χ0v) is 10.6. The summed E-state index contributed by atoms with van der Waals surface area (Å²) >= 11 is 0. The number of halogens is 4. The van der Waals surface area contributed by atoms with Gasteiger partial charge in [0.25, 0.3) is 0 Å². The predicted molar refractivity (Wildman–Crippen MR) is 64.1 cm³/mol. The van der Waals surface area contributed by atoms with Gasteiger partial charge in [0.05, 0.1) is 5.56 Å². The van der Waals surface area contributed by atoms with Gasteiger partial charge in [-0.25, -0.2) is 4.39 Å². The summed E-state index contributed by atoms with van der Waals surface area (Å²) in [6.07, 6.45) is -4.64. The van der Waals surface area contributed by atoms with E-state index in [0.717, 1.165) is 12.6 Å². The van der Waals surface area contributed by atoms with Crippen LogP contribution in [0.3, 0.4) is 0 Å². The van der Waals surface area contributed by atoms with Crippen LogP contribution in [0.5, 0.6) is 0 Å². The van der Waals surface area contributed by atoms with Gasteiger partial charge in [-0.05, 0) is 13.0 Å². The zero-order chi connectivity index (χ0) is 14.0. The standard InChI is InChI=1S/C13H16F4N2/c1-9-7-19(6-5-18-9)8-10-3-2-4-11(12(10)14)13(15,16)17/h2-4,9,18H,5-8H2,1H3/t9-/m1/s1. The van der Waals surface area contributed by atoms with E-state index in [1.54, 1.807) is 0 Å². The minimum absolute atomic E-state index is 0.101. The molecule has 1 N–H and O–H groups in total. The molecule has 1 aromatic carbocycles. The molecule has 2 nitrogen and oxygen atoms in total. The van der Waals surface area contributed by atoms with E-state index >= 15 is 0 Å². The maximum Gasteiger partial charge on any atom is 0.419 e. The van der Waals surface area contributed by atoms with Crippen LogP contribution in [0.15, 0.2) is 18.2 Å². The molecule has 1 aliphatic heterocycles. The third-order valence-corrected chi connectivity index (χ3v) is 3.23. The number of hydrogen-bond donors (Lipinski definition) is 1. The van der Waals surface area contributed by atoms with Gasteiger partial charge in [0.1, 0.15) is 5.82 Å². The Morgan fingerprint density at radius 2 is 2.11 bits per heavy atom. The summed E-state index contributed by atoms with van der Waals surface area (Å²) < 4.78 is 51.7. The lowest BCUT2D eigenvalue weighted by Gasteiger charge is -2.32. The Kier molecular flexibility index (Phi) is 4.10. The monoisotopic (exact) mass is 276 g/mol. The van der Waals surface area contributed by atoms with Crippen LogP contribution in [0, 0.1) is 5.82 Å². The second-order valence-electron chi connectivity index (χ2n) is 4.87. The van der Waals surface area contributed by atoms with Gasteiger partial charge in [-0.15, -0.1) is 0 Å². The van der Waals surface area contributed by atoms with Crippen LogP contribution in [0.2, 0.25) is 0 Å². The number of piperazine rings is 1. The lowest BCUT2D eigenvalue weighted by Crippen LogP contribution is -2.48. The Morgan fingerprint density at radius 3 is 2.74 bits per heavy atom. The van der Waals surface area contributed by atoms with Crippen LogP contribution in [0.25, 0.3) is 0 Å². The van der Waals surface area contributed by atoms with E-state index in [1.807, 2.05) is 11.8 Å². The summed E-state index contributed by atoms with van der Waals surface area (Å²) in [4.78, 5) is 1.96. The summed E-state index contributed by atoms with van der Waals surface area (Å²) in [5.41, 5.74) is -1.09. The van der Waals surface area contributed by atoms with Gasteiger partial charge in [0, 0.05) is 37.8 Å². The molecular weight excluding hydrogens is 260 g/mol. The van der Waals surface area contributed by atoms with Crippen LogP contribution in [0.4, 0.5) is 17.6 Å². The highest BCUT2D eigenvalue weighted by Gasteiger charge is 2.35. The molecule has 0 spiro atoms. The highest BCUT2D eigenvalue weighted by atomic mass is 19.4. The maximum atomic E-state index is 13.9. The van der Waals surface area contributed by atoms with E-state index in [9.17, 15) is 17.6 Å². The first kappa shape index (κ1) is 14.3. The maximum absolute atomic E-state index is 13.9. The fraction of sp³-hybridized carbons (Fsp3) is 0.538. The van der Waals surface area contributed by atoms with Gasteiger partial charge in [0.2, 0.25) is 0 Å². The lowest BCUT2D eigenvalue weighted by atomic mass is 10.1. The smallest absolute Gasteiger partial charge is 0.312 e. The van der Waals surface area contributed by atoms with E-state index in [2.05, 4.69) is 5.32 Å². The molecule has 0 aliphatic carbocycles. The largest absolute Gasteiger partial charge is 0.419 e. The molecule has 1 aliphatic rings. The second-order valence-corrected chi connectivity index (χ2v) is 4.87. The normalized spacial score (nSPS) is 21.6. The molecule has 1 fully saturated rings. The molecule has 19 heavy (non-hydrogen) atoms. The predicted octanol–water partition coefficient (Wildman–Crippen LogP) is 2.64. The number of hydrogen-bond acceptors (Lipinski definition) is 2. The molecule has 0 saturated carbocycles. The molecule has 0 radical (unpaired) electrons. The van der Waals surface area contributed by atoms with Crippen LogP contribution < -0.4 is 5.32 Å². The molecule has 0 amide bonds. The van der Waals surface area contributed by atoms with E-state index in [0.29, 0.717) is 13.1 Å². The van der Waals surface area contributed by atoms with Crippen LogP contribution >= 0.6 is 0 Å². The Bertz CT molecular complexity index is 445. The van der Waals surface area contributed by atoms with Crippen molar-refractivity contribution in [3.05, 3.63) is 35.1 Å². The van der Waals surface area contributed by atoms with Crippen molar-refractivity contribution < 1.29 is 17.6 Å². The summed E-state index contributed by atoms with van der Waals surface area (Å²) in [5.74, 6) is -1.15. The number of alkyl halides is 3. The quantitative estimate of drug-likeness (QED) is 0.835. The van der Waals surface area contributed by atoms with Crippen molar-refractivity contribution in [1.29, 1.82) is 0 Å². The first-order chi connectivity index (χ1) is 8.88. The van der Waals surface area contributed by atoms with E-state index < -0.39 is 17.6 Å². The fourth-order valence-corrected chi connectivity index (χ4v) is 2.32. The Labute approximate surface area is 109 Å². The van der Waals surface area contributed by atoms with Crippen LogP contribution in [-0.4, -0.2) is 30.6 Å². The van der Waals surface area contributed by atoms with Gasteiger partial charge >= 0.3 is 6.18 Å². The average Bonchev–Trinajstić information content (AvgIpc) is 2.30. The molecule has 6 heteroatoms. The lowest BCUT2D eigenvalue weighted by molar-refractivity contribution is -0.140. The zero-order valence-electron chi connectivity index (χ0n) is 10.6. The van der Waals surface area contributed by atoms with Gasteiger partial charge in [-0.3, -0.25) is 4.90 Å². The number of benzene rings is 1. The molecule has 2 rings (SSSR count). The highest BCUT2D eigenvalue weighted by Crippen LogP contribution is 2.32. The van der Waals surface area contributed by atoms with Crippen molar-refractivity contribution >= 4 is 0 Å². The topological polar surface area (TPSA) is 15.3 Å². The van der Waals surface area contributed by atoms with Gasteiger partial charge in [-0.1, -0.05) is 12.1 Å². The Hall–Kier alpha value is -1.14. The van der Waals surface area contributed by atoms with Crippen molar-refractivity contribution in [1.82, 2.24) is 10.2 Å². The number of rotatable bonds is 2. The van der Waals surface area contributed by atoms with Gasteiger partial charge in [0.15, 0.2) is 0 Å². The molecule has 0 bridgehead atoms. The third kappa shape index (κ3) is 3.45. The SMILES string of the molecule is C[C@@H]1CN(Cc2cccc(C(F)(F)F)c2F)CCN1. The van der Waals surface area contributed by atoms with Crippen molar-refractivity contribution in [2.24, 2.45) is 0 Å². The van der Waals surface area contributed by atoms with Crippen LogP contribution in [0.1, 0.15) is 18.1 Å². The second kappa shape index (κ2) is 5.46. The molecule has 0 unspecified atom stereocenters. The van der Waals surface area contributed by atoms with E-state index in [1.165, 1.54) is 12.1 Å². The molecule has 1 atom stereocenters. The summed E-state index contributed by atoms with van der Waals surface area (Å²) in [6.45, 7) is 4.38. The molecule has 0 aromatic heterocycles. The third-order valence-electron chi connectivity index (χ3n) is 3.23. The average molecular weight is 276 g/mol.